The zero-order chi connectivity index (χ0) is 21.8. The van der Waals surface area contributed by atoms with Crippen molar-refractivity contribution in [2.24, 2.45) is 7.05 Å². The molecule has 2 aromatic heterocycles. The molecule has 0 saturated carbocycles. The van der Waals surface area contributed by atoms with Crippen LogP contribution in [-0.2, 0) is 11.8 Å². The van der Waals surface area contributed by atoms with Crippen LogP contribution < -0.4 is 16.2 Å². The van der Waals surface area contributed by atoms with Gasteiger partial charge in [-0.05, 0) is 35.9 Å². The smallest absolute Gasteiger partial charge is 0.320 e. The summed E-state index contributed by atoms with van der Waals surface area (Å²) in [6, 6.07) is 8.83. The summed E-state index contributed by atoms with van der Waals surface area (Å²) in [6.07, 6.45) is 0.933. The van der Waals surface area contributed by atoms with E-state index in [1.54, 1.807) is 24.3 Å². The number of carboxylic acid groups (broad SMARTS) is 1. The number of halogens is 1. The average molecular weight is 431 g/mol. The molecular formula is C20H18FN3O5S. The summed E-state index contributed by atoms with van der Waals surface area (Å²) in [6.45, 7) is 0. The second-order valence-corrected chi connectivity index (χ2v) is 7.57. The fraction of sp³-hybridized carbons (Fsp3) is 0.150. The Balaban J connectivity index is 1.82. The number of hydrogen-bond donors (Lipinski definition) is 4. The predicted octanol–water partition coefficient (Wildman–Crippen LogP) is 3.30. The molecule has 0 aliphatic rings. The Morgan fingerprint density at radius 2 is 2.00 bits per heavy atom. The van der Waals surface area contributed by atoms with Gasteiger partial charge >= 0.3 is 12.0 Å². The highest BCUT2D eigenvalue weighted by molar-refractivity contribution is 7.15. The third kappa shape index (κ3) is 4.84. The molecule has 0 radical (unpaired) electrons. The molecule has 0 unspecified atom stereocenters. The Bertz CT molecular complexity index is 1160. The monoisotopic (exact) mass is 431 g/mol. The molecule has 0 aliphatic heterocycles. The number of aromatic nitrogens is 1. The molecule has 2 heterocycles. The van der Waals surface area contributed by atoms with E-state index >= 15 is 0 Å². The molecule has 1 atom stereocenters. The normalized spacial score (nSPS) is 11.7. The lowest BCUT2D eigenvalue weighted by Gasteiger charge is -2.16. The third-order valence-electron chi connectivity index (χ3n) is 4.25. The summed E-state index contributed by atoms with van der Waals surface area (Å²) in [4.78, 5) is 37.0. The summed E-state index contributed by atoms with van der Waals surface area (Å²) < 4.78 is 14.7. The maximum Gasteiger partial charge on any atom is 0.320 e. The third-order valence-corrected chi connectivity index (χ3v) is 5.50. The number of nitrogens with zero attached hydrogens (tertiary/aromatic N) is 1. The van der Waals surface area contributed by atoms with E-state index in [0.717, 1.165) is 0 Å². The minimum absolute atomic E-state index is 0.321. The number of nitrogens with one attached hydrogen (secondary N) is 2. The van der Waals surface area contributed by atoms with Gasteiger partial charge in [-0.1, -0.05) is 12.1 Å². The van der Waals surface area contributed by atoms with Crippen LogP contribution in [0.3, 0.4) is 0 Å². The standard InChI is InChI=1S/C20H18FN3O5S/c1-24-8-7-14(25)18(19(24)28)23-20(29)22-13(10-17(26)27)16-6-5-15(30-16)11-3-2-4-12(21)9-11/h2-9,13,25H,10H2,1H3,(H,26,27)(H2,22,23,29)/t13-/m0/s1. The number of thiophene rings is 1. The van der Waals surface area contributed by atoms with Crippen LogP contribution in [0.1, 0.15) is 17.3 Å². The van der Waals surface area contributed by atoms with Crippen molar-refractivity contribution in [3.05, 3.63) is 69.7 Å². The van der Waals surface area contributed by atoms with Gasteiger partial charge in [0.15, 0.2) is 5.69 Å². The highest BCUT2D eigenvalue weighted by atomic mass is 32.1. The molecule has 0 bridgehead atoms. The van der Waals surface area contributed by atoms with Gasteiger partial charge in [0.25, 0.3) is 5.56 Å². The molecule has 156 valence electrons. The topological polar surface area (TPSA) is 121 Å². The zero-order valence-corrected chi connectivity index (χ0v) is 16.6. The lowest BCUT2D eigenvalue weighted by atomic mass is 10.1. The van der Waals surface area contributed by atoms with E-state index in [-0.39, 0.29) is 5.69 Å². The molecule has 0 fully saturated rings. The van der Waals surface area contributed by atoms with Gasteiger partial charge in [-0.15, -0.1) is 11.3 Å². The Kier molecular flexibility index (Phi) is 6.17. The number of carboxylic acids is 1. The molecule has 30 heavy (non-hydrogen) atoms. The Hall–Kier alpha value is -3.66. The number of benzene rings is 1. The number of carbonyl (C=O) groups is 2. The van der Waals surface area contributed by atoms with Gasteiger partial charge in [-0.2, -0.15) is 0 Å². The highest BCUT2D eigenvalue weighted by Crippen LogP contribution is 2.33. The van der Waals surface area contributed by atoms with Crippen LogP contribution in [0, 0.1) is 5.82 Å². The predicted molar refractivity (Wildman–Crippen MR) is 110 cm³/mol. The lowest BCUT2D eigenvalue weighted by molar-refractivity contribution is -0.137. The van der Waals surface area contributed by atoms with Crippen LogP contribution in [0.2, 0.25) is 0 Å². The Morgan fingerprint density at radius 3 is 2.70 bits per heavy atom. The minimum Gasteiger partial charge on any atom is -0.505 e. The molecule has 2 amide bonds. The molecule has 0 aliphatic carbocycles. The van der Waals surface area contributed by atoms with Gasteiger partial charge in [0.1, 0.15) is 11.6 Å². The summed E-state index contributed by atoms with van der Waals surface area (Å²) in [5.74, 6) is -1.95. The first kappa shape index (κ1) is 21.1. The van der Waals surface area contributed by atoms with Crippen molar-refractivity contribution in [3.63, 3.8) is 0 Å². The Labute approximate surface area is 174 Å². The van der Waals surface area contributed by atoms with Crippen molar-refractivity contribution in [2.75, 3.05) is 5.32 Å². The minimum atomic E-state index is -1.14. The summed E-state index contributed by atoms with van der Waals surface area (Å²) in [5, 5.41) is 23.8. The molecule has 10 heteroatoms. The van der Waals surface area contributed by atoms with E-state index in [1.165, 1.54) is 47.3 Å². The van der Waals surface area contributed by atoms with Crippen molar-refractivity contribution in [1.29, 1.82) is 0 Å². The number of urea groups is 1. The number of hydrogen-bond acceptors (Lipinski definition) is 5. The van der Waals surface area contributed by atoms with Crippen LogP contribution in [-0.4, -0.2) is 26.8 Å². The van der Waals surface area contributed by atoms with Crippen LogP contribution >= 0.6 is 11.3 Å². The van der Waals surface area contributed by atoms with E-state index in [0.29, 0.717) is 15.3 Å². The maximum atomic E-state index is 13.5. The number of aromatic hydroxyl groups is 1. The molecule has 3 rings (SSSR count). The van der Waals surface area contributed by atoms with Crippen LogP contribution in [0.15, 0.2) is 53.5 Å². The first-order valence-corrected chi connectivity index (χ1v) is 9.60. The first-order valence-electron chi connectivity index (χ1n) is 8.78. The van der Waals surface area contributed by atoms with Crippen molar-refractivity contribution < 1.29 is 24.2 Å². The molecule has 8 nitrogen and oxygen atoms in total. The van der Waals surface area contributed by atoms with Crippen molar-refractivity contribution in [3.8, 4) is 16.2 Å². The van der Waals surface area contributed by atoms with E-state index in [2.05, 4.69) is 10.6 Å². The number of pyridine rings is 1. The second-order valence-electron chi connectivity index (χ2n) is 6.45. The maximum absolute atomic E-state index is 13.5. The van der Waals surface area contributed by atoms with Crippen molar-refractivity contribution in [1.82, 2.24) is 9.88 Å². The number of carbonyl (C=O) groups excluding carboxylic acids is 1. The molecular weight excluding hydrogens is 413 g/mol. The van der Waals surface area contributed by atoms with Crippen molar-refractivity contribution in [2.45, 2.75) is 12.5 Å². The zero-order valence-electron chi connectivity index (χ0n) is 15.8. The quantitative estimate of drug-likeness (QED) is 0.477. The number of rotatable bonds is 6. The van der Waals surface area contributed by atoms with Crippen LogP contribution in [0.5, 0.6) is 5.75 Å². The van der Waals surface area contributed by atoms with Crippen molar-refractivity contribution >= 4 is 29.0 Å². The Morgan fingerprint density at radius 1 is 1.23 bits per heavy atom. The van der Waals surface area contributed by atoms with E-state index in [4.69, 9.17) is 0 Å². The van der Waals surface area contributed by atoms with Gasteiger partial charge in [0.05, 0.1) is 12.5 Å². The van der Waals surface area contributed by atoms with Crippen LogP contribution in [0.4, 0.5) is 14.9 Å². The fourth-order valence-electron chi connectivity index (χ4n) is 2.78. The van der Waals surface area contributed by atoms with Gasteiger partial charge in [-0.25, -0.2) is 9.18 Å². The molecule has 0 spiro atoms. The molecule has 1 aromatic carbocycles. The second kappa shape index (κ2) is 8.78. The number of aryl methyl sites for hydroxylation is 1. The van der Waals surface area contributed by atoms with E-state index in [1.807, 2.05) is 0 Å². The van der Waals surface area contributed by atoms with Gasteiger partial charge in [-0.3, -0.25) is 9.59 Å². The average Bonchev–Trinajstić information content (AvgIpc) is 3.18. The van der Waals surface area contributed by atoms with Gasteiger partial charge in [0.2, 0.25) is 0 Å². The summed E-state index contributed by atoms with van der Waals surface area (Å²) in [7, 11) is 1.46. The fourth-order valence-corrected chi connectivity index (χ4v) is 3.83. The number of aliphatic carboxylic acids is 1. The highest BCUT2D eigenvalue weighted by Gasteiger charge is 2.22. The molecule has 3 aromatic rings. The summed E-state index contributed by atoms with van der Waals surface area (Å²) in [5.41, 5.74) is -0.315. The molecule has 0 saturated heterocycles. The van der Waals surface area contributed by atoms with Gasteiger partial charge in [0, 0.05) is 23.0 Å². The van der Waals surface area contributed by atoms with Crippen LogP contribution in [0.25, 0.3) is 10.4 Å². The number of amides is 2. The largest absolute Gasteiger partial charge is 0.505 e. The summed E-state index contributed by atoms with van der Waals surface area (Å²) >= 11 is 1.21. The molecule has 4 N–H and O–H groups in total. The lowest BCUT2D eigenvalue weighted by Crippen LogP contribution is -2.35. The SMILES string of the molecule is Cn1ccc(O)c(NC(=O)N[C@@H](CC(=O)O)c2ccc(-c3cccc(F)c3)s2)c1=O. The van der Waals surface area contributed by atoms with Gasteiger partial charge < -0.3 is 25.4 Å². The first-order chi connectivity index (χ1) is 14.2. The van der Waals surface area contributed by atoms with E-state index in [9.17, 15) is 29.0 Å². The van der Waals surface area contributed by atoms with E-state index < -0.39 is 41.6 Å². The number of anilines is 1.